The SMILES string of the molecule is NC1CCN(S(=O)(=O)c2ccc(CNC(=O)c3cnc4[nH]ncc4c3)cc2)C1. The zero-order valence-electron chi connectivity index (χ0n) is 15.0. The number of pyridine rings is 1. The first-order valence-corrected chi connectivity index (χ1v) is 10.3. The van der Waals surface area contributed by atoms with Crippen molar-refractivity contribution in [2.24, 2.45) is 5.73 Å². The van der Waals surface area contributed by atoms with Gasteiger partial charge in [0.2, 0.25) is 10.0 Å². The van der Waals surface area contributed by atoms with E-state index in [1.807, 2.05) is 0 Å². The van der Waals surface area contributed by atoms with Crippen LogP contribution < -0.4 is 11.1 Å². The maximum Gasteiger partial charge on any atom is 0.253 e. The molecule has 4 rings (SSSR count). The number of rotatable bonds is 5. The summed E-state index contributed by atoms with van der Waals surface area (Å²) in [4.78, 5) is 16.7. The third-order valence-electron chi connectivity index (χ3n) is 4.76. The normalized spacial score (nSPS) is 17.8. The van der Waals surface area contributed by atoms with Crippen molar-refractivity contribution in [2.45, 2.75) is 23.9 Å². The van der Waals surface area contributed by atoms with Crippen LogP contribution in [0.25, 0.3) is 11.0 Å². The van der Waals surface area contributed by atoms with E-state index in [0.29, 0.717) is 30.7 Å². The van der Waals surface area contributed by atoms with Crippen molar-refractivity contribution < 1.29 is 13.2 Å². The van der Waals surface area contributed by atoms with Crippen LogP contribution in [0.4, 0.5) is 0 Å². The molecule has 0 spiro atoms. The molecule has 2 aromatic heterocycles. The predicted molar refractivity (Wildman–Crippen MR) is 103 cm³/mol. The number of nitrogens with zero attached hydrogens (tertiary/aromatic N) is 3. The Balaban J connectivity index is 1.41. The topological polar surface area (TPSA) is 134 Å². The molecule has 4 N–H and O–H groups in total. The van der Waals surface area contributed by atoms with E-state index in [1.54, 1.807) is 36.5 Å². The van der Waals surface area contributed by atoms with Gasteiger partial charge in [-0.25, -0.2) is 13.4 Å². The minimum Gasteiger partial charge on any atom is -0.348 e. The first-order valence-electron chi connectivity index (χ1n) is 8.85. The largest absolute Gasteiger partial charge is 0.348 e. The number of nitrogens with one attached hydrogen (secondary N) is 2. The lowest BCUT2D eigenvalue weighted by Gasteiger charge is -2.16. The van der Waals surface area contributed by atoms with Crippen molar-refractivity contribution in [3.05, 3.63) is 53.9 Å². The van der Waals surface area contributed by atoms with Gasteiger partial charge in [-0.2, -0.15) is 9.40 Å². The van der Waals surface area contributed by atoms with Gasteiger partial charge in [-0.1, -0.05) is 12.1 Å². The van der Waals surface area contributed by atoms with Gasteiger partial charge in [0.05, 0.1) is 16.7 Å². The molecule has 1 atom stereocenters. The van der Waals surface area contributed by atoms with Gasteiger partial charge in [-0.15, -0.1) is 0 Å². The Morgan fingerprint density at radius 2 is 2.07 bits per heavy atom. The van der Waals surface area contributed by atoms with E-state index in [1.165, 1.54) is 10.5 Å². The number of hydrogen-bond acceptors (Lipinski definition) is 6. The molecule has 3 aromatic rings. The number of amides is 1. The van der Waals surface area contributed by atoms with Crippen molar-refractivity contribution in [3.8, 4) is 0 Å². The standard InChI is InChI=1S/C18H20N6O3S/c19-15-5-6-24(11-15)28(26,27)16-3-1-12(2-4-16)8-21-18(25)14-7-13-10-22-23-17(13)20-9-14/h1-4,7,9-10,15H,5-6,8,11,19H2,(H,21,25)(H,20,22,23). The molecule has 0 bridgehead atoms. The zero-order valence-corrected chi connectivity index (χ0v) is 15.8. The number of sulfonamides is 1. The van der Waals surface area contributed by atoms with Crippen LogP contribution in [-0.4, -0.2) is 52.9 Å². The van der Waals surface area contributed by atoms with Gasteiger partial charge in [0.1, 0.15) is 0 Å². The number of aromatic nitrogens is 3. The fourth-order valence-corrected chi connectivity index (χ4v) is 4.66. The van der Waals surface area contributed by atoms with E-state index < -0.39 is 10.0 Å². The summed E-state index contributed by atoms with van der Waals surface area (Å²) in [6, 6.07) is 8.10. The molecule has 146 valence electrons. The molecule has 28 heavy (non-hydrogen) atoms. The predicted octanol–water partition coefficient (Wildman–Crippen LogP) is 0.610. The molecule has 1 aromatic carbocycles. The first kappa shape index (κ1) is 18.5. The van der Waals surface area contributed by atoms with Crippen LogP contribution in [0.2, 0.25) is 0 Å². The average Bonchev–Trinajstić information content (AvgIpc) is 3.34. The zero-order chi connectivity index (χ0) is 19.7. The van der Waals surface area contributed by atoms with Crippen molar-refractivity contribution in [1.29, 1.82) is 0 Å². The van der Waals surface area contributed by atoms with Crippen LogP contribution in [0.1, 0.15) is 22.3 Å². The molecule has 9 nitrogen and oxygen atoms in total. The molecule has 10 heteroatoms. The van der Waals surface area contributed by atoms with Crippen molar-refractivity contribution in [1.82, 2.24) is 24.8 Å². The summed E-state index contributed by atoms with van der Waals surface area (Å²) in [7, 11) is -3.53. The average molecular weight is 400 g/mol. The second kappa shape index (κ2) is 7.30. The number of benzene rings is 1. The maximum absolute atomic E-state index is 12.6. The highest BCUT2D eigenvalue weighted by atomic mass is 32.2. The Bertz CT molecular complexity index is 1110. The van der Waals surface area contributed by atoms with Gasteiger partial charge in [0.15, 0.2) is 5.65 Å². The van der Waals surface area contributed by atoms with Crippen molar-refractivity contribution in [3.63, 3.8) is 0 Å². The minimum absolute atomic E-state index is 0.111. The third kappa shape index (κ3) is 3.61. The number of hydrogen-bond donors (Lipinski definition) is 3. The monoisotopic (exact) mass is 400 g/mol. The summed E-state index contributed by atoms with van der Waals surface area (Å²) in [6.45, 7) is 1.06. The highest BCUT2D eigenvalue weighted by Gasteiger charge is 2.30. The van der Waals surface area contributed by atoms with Gasteiger partial charge in [0, 0.05) is 37.3 Å². The summed E-state index contributed by atoms with van der Waals surface area (Å²) in [6.07, 6.45) is 3.75. The number of H-pyrrole nitrogens is 1. The number of carbonyl (C=O) groups excluding carboxylic acids is 1. The van der Waals surface area contributed by atoms with Crippen LogP contribution >= 0.6 is 0 Å². The van der Waals surface area contributed by atoms with Crippen LogP contribution in [0.5, 0.6) is 0 Å². The van der Waals surface area contributed by atoms with Gasteiger partial charge in [-0.3, -0.25) is 9.89 Å². The number of fused-ring (bicyclic) bond motifs is 1. The second-order valence-corrected chi connectivity index (χ2v) is 8.71. The molecule has 0 radical (unpaired) electrons. The molecule has 1 fully saturated rings. The number of aromatic amines is 1. The number of nitrogens with two attached hydrogens (primary N) is 1. The molecular weight excluding hydrogens is 380 g/mol. The molecule has 1 unspecified atom stereocenters. The minimum atomic E-state index is -3.53. The Kier molecular flexibility index (Phi) is 4.84. The fraction of sp³-hybridized carbons (Fsp3) is 0.278. The van der Waals surface area contributed by atoms with Crippen LogP contribution in [0, 0.1) is 0 Å². The van der Waals surface area contributed by atoms with Crippen molar-refractivity contribution >= 4 is 27.0 Å². The highest BCUT2D eigenvalue weighted by molar-refractivity contribution is 7.89. The second-order valence-electron chi connectivity index (χ2n) is 6.77. The van der Waals surface area contributed by atoms with E-state index in [-0.39, 0.29) is 23.4 Å². The summed E-state index contributed by atoms with van der Waals surface area (Å²) in [5.74, 6) is -0.265. The lowest BCUT2D eigenvalue weighted by atomic mass is 10.2. The van der Waals surface area contributed by atoms with E-state index in [2.05, 4.69) is 20.5 Å². The molecule has 0 aliphatic carbocycles. The van der Waals surface area contributed by atoms with E-state index >= 15 is 0 Å². The summed E-state index contributed by atoms with van der Waals surface area (Å²) < 4.78 is 26.6. The van der Waals surface area contributed by atoms with Gasteiger partial charge < -0.3 is 11.1 Å². The van der Waals surface area contributed by atoms with Crippen LogP contribution in [0.3, 0.4) is 0 Å². The van der Waals surface area contributed by atoms with Crippen LogP contribution in [0.15, 0.2) is 47.6 Å². The fourth-order valence-electron chi connectivity index (χ4n) is 3.15. The van der Waals surface area contributed by atoms with Gasteiger partial charge in [-0.05, 0) is 30.2 Å². The Hall–Kier alpha value is -2.82. The van der Waals surface area contributed by atoms with E-state index in [0.717, 1.165) is 10.9 Å². The Morgan fingerprint density at radius 1 is 1.29 bits per heavy atom. The third-order valence-corrected chi connectivity index (χ3v) is 6.63. The lowest BCUT2D eigenvalue weighted by Crippen LogP contribution is -2.32. The molecule has 1 saturated heterocycles. The number of carbonyl (C=O) groups is 1. The van der Waals surface area contributed by atoms with Crippen LogP contribution in [-0.2, 0) is 16.6 Å². The molecule has 1 aliphatic rings. The maximum atomic E-state index is 12.6. The molecule has 1 amide bonds. The van der Waals surface area contributed by atoms with Gasteiger partial charge >= 0.3 is 0 Å². The van der Waals surface area contributed by atoms with Crippen molar-refractivity contribution in [2.75, 3.05) is 13.1 Å². The quantitative estimate of drug-likeness (QED) is 0.574. The highest BCUT2D eigenvalue weighted by Crippen LogP contribution is 2.21. The summed E-state index contributed by atoms with van der Waals surface area (Å²) in [5, 5.41) is 10.2. The van der Waals surface area contributed by atoms with Gasteiger partial charge in [0.25, 0.3) is 5.91 Å². The first-order chi connectivity index (χ1) is 13.4. The molecule has 1 aliphatic heterocycles. The molecule has 0 saturated carbocycles. The molecular formula is C18H20N6O3S. The summed E-state index contributed by atoms with van der Waals surface area (Å²) >= 11 is 0. The lowest BCUT2D eigenvalue weighted by molar-refractivity contribution is 0.0950. The summed E-state index contributed by atoms with van der Waals surface area (Å²) in [5.41, 5.74) is 7.65. The molecule has 3 heterocycles. The van der Waals surface area contributed by atoms with E-state index in [4.69, 9.17) is 5.73 Å². The Labute approximate surface area is 162 Å². The van der Waals surface area contributed by atoms with E-state index in [9.17, 15) is 13.2 Å². The Morgan fingerprint density at radius 3 is 2.79 bits per heavy atom. The smallest absolute Gasteiger partial charge is 0.253 e.